The molecular formula is C15H16ClN3O3. The zero-order chi connectivity index (χ0) is 15.9. The number of nitrogens with zero attached hydrogens (tertiary/aromatic N) is 2. The lowest BCUT2D eigenvalue weighted by Crippen LogP contribution is -2.10. The fourth-order valence-corrected chi connectivity index (χ4v) is 1.98. The Morgan fingerprint density at radius 2 is 2.09 bits per heavy atom. The normalized spacial score (nSPS) is 10.5. The molecule has 0 saturated heterocycles. The molecule has 0 unspecified atom stereocenters. The molecule has 0 amide bonds. The van der Waals surface area contributed by atoms with E-state index < -0.39 is 4.92 Å². The molecule has 22 heavy (non-hydrogen) atoms. The van der Waals surface area contributed by atoms with Gasteiger partial charge >= 0.3 is 0 Å². The van der Waals surface area contributed by atoms with Gasteiger partial charge in [0.1, 0.15) is 12.0 Å². The maximum absolute atomic E-state index is 10.7. The van der Waals surface area contributed by atoms with Gasteiger partial charge in [0.05, 0.1) is 18.1 Å². The zero-order valence-corrected chi connectivity index (χ0v) is 12.8. The maximum atomic E-state index is 10.7. The number of halogens is 1. The topological polar surface area (TPSA) is 77.3 Å². The quantitative estimate of drug-likeness (QED) is 0.479. The van der Waals surface area contributed by atoms with Crippen LogP contribution in [-0.4, -0.2) is 23.1 Å². The summed E-state index contributed by atoms with van der Waals surface area (Å²) in [6.07, 6.45) is 1.26. The van der Waals surface area contributed by atoms with Gasteiger partial charge in [-0.1, -0.05) is 23.7 Å². The molecule has 0 saturated carbocycles. The molecule has 0 aliphatic rings. The van der Waals surface area contributed by atoms with Crippen molar-refractivity contribution < 1.29 is 9.66 Å². The molecule has 2 rings (SSSR count). The van der Waals surface area contributed by atoms with E-state index >= 15 is 0 Å². The number of rotatable bonds is 7. The monoisotopic (exact) mass is 321 g/mol. The third-order valence-electron chi connectivity index (χ3n) is 3.01. The Labute approximate surface area is 133 Å². The van der Waals surface area contributed by atoms with Crippen molar-refractivity contribution in [1.29, 1.82) is 0 Å². The highest BCUT2D eigenvalue weighted by atomic mass is 35.5. The Morgan fingerprint density at radius 3 is 2.73 bits per heavy atom. The Morgan fingerprint density at radius 1 is 1.36 bits per heavy atom. The highest BCUT2D eigenvalue weighted by molar-refractivity contribution is 6.30. The molecular weight excluding hydrogens is 306 g/mol. The van der Waals surface area contributed by atoms with E-state index in [4.69, 9.17) is 16.3 Å². The summed E-state index contributed by atoms with van der Waals surface area (Å²) >= 11 is 5.81. The van der Waals surface area contributed by atoms with Gasteiger partial charge in [-0.25, -0.2) is 4.98 Å². The number of aryl methyl sites for hydroxylation is 1. The smallest absolute Gasteiger partial charge is 0.290 e. The lowest BCUT2D eigenvalue weighted by Gasteiger charge is -2.07. The van der Waals surface area contributed by atoms with Crippen LogP contribution in [0, 0.1) is 17.0 Å². The fraction of sp³-hybridized carbons (Fsp3) is 0.267. The molecule has 1 aromatic carbocycles. The van der Waals surface area contributed by atoms with Crippen molar-refractivity contribution in [2.24, 2.45) is 0 Å². The van der Waals surface area contributed by atoms with Crippen LogP contribution in [0.2, 0.25) is 5.02 Å². The average Bonchev–Trinajstić information content (AvgIpc) is 2.48. The minimum Gasteiger partial charge on any atom is -0.375 e. The van der Waals surface area contributed by atoms with Gasteiger partial charge < -0.3 is 10.1 Å². The number of hydrogen-bond donors (Lipinski definition) is 1. The van der Waals surface area contributed by atoms with Gasteiger partial charge in [0.2, 0.25) is 0 Å². The Kier molecular flexibility index (Phi) is 5.68. The van der Waals surface area contributed by atoms with Crippen molar-refractivity contribution in [3.05, 3.63) is 62.8 Å². The maximum Gasteiger partial charge on any atom is 0.290 e. The van der Waals surface area contributed by atoms with E-state index in [9.17, 15) is 10.1 Å². The fourth-order valence-electron chi connectivity index (χ4n) is 1.86. The van der Waals surface area contributed by atoms with Crippen molar-refractivity contribution in [3.63, 3.8) is 0 Å². The van der Waals surface area contributed by atoms with Crippen molar-refractivity contribution in [1.82, 2.24) is 4.98 Å². The molecule has 0 aliphatic carbocycles. The summed E-state index contributed by atoms with van der Waals surface area (Å²) in [5.41, 5.74) is 1.64. The molecule has 0 spiro atoms. The second kappa shape index (κ2) is 7.72. The predicted molar refractivity (Wildman–Crippen MR) is 85.2 cm³/mol. The molecule has 0 bridgehead atoms. The molecule has 7 heteroatoms. The van der Waals surface area contributed by atoms with E-state index in [1.54, 1.807) is 13.0 Å². The van der Waals surface area contributed by atoms with Gasteiger partial charge in [0.25, 0.3) is 5.69 Å². The van der Waals surface area contributed by atoms with Gasteiger partial charge in [-0.3, -0.25) is 10.1 Å². The van der Waals surface area contributed by atoms with Crippen LogP contribution in [0.5, 0.6) is 0 Å². The highest BCUT2D eigenvalue weighted by Gasteiger charge is 2.10. The van der Waals surface area contributed by atoms with Gasteiger partial charge in [0, 0.05) is 17.1 Å². The molecule has 1 heterocycles. The first-order valence-corrected chi connectivity index (χ1v) is 7.11. The number of nitrogens with one attached hydrogen (secondary N) is 1. The summed E-state index contributed by atoms with van der Waals surface area (Å²) in [5, 5.41) is 14.5. The van der Waals surface area contributed by atoms with Gasteiger partial charge in [-0.15, -0.1) is 0 Å². The summed E-state index contributed by atoms with van der Waals surface area (Å²) in [7, 11) is 0. The molecule has 0 radical (unpaired) electrons. The number of benzene rings is 1. The van der Waals surface area contributed by atoms with Crippen molar-refractivity contribution in [2.45, 2.75) is 13.5 Å². The number of hydrogen-bond acceptors (Lipinski definition) is 5. The lowest BCUT2D eigenvalue weighted by molar-refractivity contribution is -0.385. The number of anilines is 1. The summed E-state index contributed by atoms with van der Waals surface area (Å²) in [5.74, 6) is 0.596. The SMILES string of the molecule is Cc1cc(NCCOCc2ccc(Cl)cc2)ncc1[N+](=O)[O-]. The molecule has 2 aromatic rings. The average molecular weight is 322 g/mol. The van der Waals surface area contributed by atoms with Crippen LogP contribution in [0.3, 0.4) is 0 Å². The van der Waals surface area contributed by atoms with Gasteiger partial charge in [-0.05, 0) is 30.7 Å². The Balaban J connectivity index is 1.73. The van der Waals surface area contributed by atoms with Crippen LogP contribution in [0.25, 0.3) is 0 Å². The van der Waals surface area contributed by atoms with E-state index in [0.29, 0.717) is 36.2 Å². The van der Waals surface area contributed by atoms with Crippen LogP contribution in [0.15, 0.2) is 36.5 Å². The Hall–Kier alpha value is -2.18. The van der Waals surface area contributed by atoms with E-state index in [0.717, 1.165) is 5.56 Å². The largest absolute Gasteiger partial charge is 0.375 e. The minimum atomic E-state index is -0.443. The summed E-state index contributed by atoms with van der Waals surface area (Å²) < 4.78 is 5.53. The standard InChI is InChI=1S/C15H16ClN3O3/c1-11-8-15(18-9-14(11)19(20)21)17-6-7-22-10-12-2-4-13(16)5-3-12/h2-5,8-9H,6-7,10H2,1H3,(H,17,18). The van der Waals surface area contributed by atoms with E-state index in [-0.39, 0.29) is 5.69 Å². The first kappa shape index (κ1) is 16.2. The first-order chi connectivity index (χ1) is 10.6. The lowest BCUT2D eigenvalue weighted by atomic mass is 10.2. The predicted octanol–water partition coefficient (Wildman–Crippen LogP) is 3.58. The second-order valence-corrected chi connectivity index (χ2v) is 5.16. The molecule has 116 valence electrons. The Bertz CT molecular complexity index is 647. The van der Waals surface area contributed by atoms with Crippen molar-refractivity contribution in [3.8, 4) is 0 Å². The number of ether oxygens (including phenoxy) is 1. The number of pyridine rings is 1. The van der Waals surface area contributed by atoms with E-state index in [1.165, 1.54) is 6.20 Å². The second-order valence-electron chi connectivity index (χ2n) is 4.72. The first-order valence-electron chi connectivity index (χ1n) is 6.73. The summed E-state index contributed by atoms with van der Waals surface area (Å²) in [6.45, 7) is 3.26. The number of aromatic nitrogens is 1. The molecule has 0 fully saturated rings. The zero-order valence-electron chi connectivity index (χ0n) is 12.1. The molecule has 1 aromatic heterocycles. The molecule has 1 N–H and O–H groups in total. The summed E-state index contributed by atoms with van der Waals surface area (Å²) in [4.78, 5) is 14.3. The van der Waals surface area contributed by atoms with Crippen molar-refractivity contribution >= 4 is 23.1 Å². The number of nitro groups is 1. The summed E-state index contributed by atoms with van der Waals surface area (Å²) in [6, 6.07) is 9.12. The minimum absolute atomic E-state index is 0.0181. The van der Waals surface area contributed by atoms with Crippen molar-refractivity contribution in [2.75, 3.05) is 18.5 Å². The van der Waals surface area contributed by atoms with Crippen LogP contribution >= 0.6 is 11.6 Å². The third-order valence-corrected chi connectivity index (χ3v) is 3.27. The van der Waals surface area contributed by atoms with Gasteiger partial charge in [0.15, 0.2) is 0 Å². The van der Waals surface area contributed by atoms with Crippen LogP contribution in [-0.2, 0) is 11.3 Å². The highest BCUT2D eigenvalue weighted by Crippen LogP contribution is 2.18. The van der Waals surface area contributed by atoms with Crippen LogP contribution in [0.4, 0.5) is 11.5 Å². The molecule has 6 nitrogen and oxygen atoms in total. The van der Waals surface area contributed by atoms with Gasteiger partial charge in [-0.2, -0.15) is 0 Å². The van der Waals surface area contributed by atoms with E-state index in [2.05, 4.69) is 10.3 Å². The van der Waals surface area contributed by atoms with E-state index in [1.807, 2.05) is 24.3 Å². The van der Waals surface area contributed by atoms with Crippen LogP contribution in [0.1, 0.15) is 11.1 Å². The molecule has 0 aliphatic heterocycles. The van der Waals surface area contributed by atoms with Crippen LogP contribution < -0.4 is 5.32 Å². The molecule has 0 atom stereocenters. The third kappa shape index (κ3) is 4.68.